The summed E-state index contributed by atoms with van der Waals surface area (Å²) >= 11 is 0. The molecule has 1 unspecified atom stereocenters. The van der Waals surface area contributed by atoms with Crippen LogP contribution in [0.2, 0.25) is 0 Å². The number of ether oxygens (including phenoxy) is 2. The molecule has 0 bridgehead atoms. The molecule has 0 fully saturated rings. The van der Waals surface area contributed by atoms with Crippen molar-refractivity contribution in [3.05, 3.63) is 89.8 Å². The lowest BCUT2D eigenvalue weighted by molar-refractivity contribution is -0.115. The Bertz CT molecular complexity index is 1100. The van der Waals surface area contributed by atoms with Gasteiger partial charge in [0.05, 0.1) is 14.2 Å². The van der Waals surface area contributed by atoms with E-state index in [1.165, 1.54) is 6.07 Å². The molecule has 0 spiro atoms. The fourth-order valence-corrected chi connectivity index (χ4v) is 4.00. The molecule has 1 aliphatic rings. The molecule has 4 heteroatoms. The minimum absolute atomic E-state index is 0.00849. The Morgan fingerprint density at radius 1 is 0.833 bits per heavy atom. The molecule has 152 valence electrons. The van der Waals surface area contributed by atoms with Gasteiger partial charge in [0.2, 0.25) is 0 Å². The van der Waals surface area contributed by atoms with Gasteiger partial charge in [0.25, 0.3) is 0 Å². The lowest BCUT2D eigenvalue weighted by Gasteiger charge is -2.24. The normalized spacial score (nSPS) is 16.2. The summed E-state index contributed by atoms with van der Waals surface area (Å²) < 4.78 is 25.6. The number of carbonyl (C=O) groups is 1. The van der Waals surface area contributed by atoms with Gasteiger partial charge >= 0.3 is 0 Å². The van der Waals surface area contributed by atoms with Crippen molar-refractivity contribution in [2.45, 2.75) is 18.8 Å². The van der Waals surface area contributed by atoms with Crippen LogP contribution in [-0.2, 0) is 4.79 Å². The van der Waals surface area contributed by atoms with Gasteiger partial charge in [-0.05, 0) is 58.9 Å². The lowest BCUT2D eigenvalue weighted by Crippen LogP contribution is -2.12. The van der Waals surface area contributed by atoms with E-state index in [-0.39, 0.29) is 17.5 Å². The van der Waals surface area contributed by atoms with Gasteiger partial charge < -0.3 is 9.47 Å². The molecule has 0 aromatic heterocycles. The Hall–Kier alpha value is -3.40. The minimum Gasteiger partial charge on any atom is -0.493 e. The van der Waals surface area contributed by atoms with Crippen LogP contribution in [0.15, 0.2) is 72.8 Å². The van der Waals surface area contributed by atoms with Crippen LogP contribution in [0.1, 0.15) is 29.9 Å². The van der Waals surface area contributed by atoms with Gasteiger partial charge in [0, 0.05) is 12.0 Å². The first-order valence-electron chi connectivity index (χ1n) is 9.89. The molecule has 1 aliphatic carbocycles. The average Bonchev–Trinajstić information content (AvgIpc) is 2.78. The van der Waals surface area contributed by atoms with Gasteiger partial charge in [0.15, 0.2) is 17.3 Å². The summed E-state index contributed by atoms with van der Waals surface area (Å²) in [6.45, 7) is 0. The quantitative estimate of drug-likeness (QED) is 0.522. The van der Waals surface area contributed by atoms with Gasteiger partial charge in [0.1, 0.15) is 5.82 Å². The molecule has 0 saturated carbocycles. The number of ketones is 1. The molecule has 3 aromatic rings. The largest absolute Gasteiger partial charge is 0.493 e. The van der Waals surface area contributed by atoms with Gasteiger partial charge in [-0.15, -0.1) is 0 Å². The molecule has 0 radical (unpaired) electrons. The van der Waals surface area contributed by atoms with E-state index in [9.17, 15) is 9.18 Å². The fraction of sp³-hybridized carbons (Fsp3) is 0.192. The summed E-state index contributed by atoms with van der Waals surface area (Å²) in [5.41, 5.74) is 3.99. The molecule has 30 heavy (non-hydrogen) atoms. The first-order valence-corrected chi connectivity index (χ1v) is 9.89. The highest BCUT2D eigenvalue weighted by Gasteiger charge is 2.24. The highest BCUT2D eigenvalue weighted by Crippen LogP contribution is 2.39. The predicted molar refractivity (Wildman–Crippen MR) is 116 cm³/mol. The summed E-state index contributed by atoms with van der Waals surface area (Å²) in [4.78, 5) is 12.5. The molecular weight excluding hydrogens is 379 g/mol. The average molecular weight is 402 g/mol. The van der Waals surface area contributed by atoms with Crippen LogP contribution in [0, 0.1) is 5.82 Å². The molecule has 0 saturated heterocycles. The van der Waals surface area contributed by atoms with E-state index in [0.717, 1.165) is 22.3 Å². The molecule has 0 amide bonds. The number of carbonyl (C=O) groups excluding carboxylic acids is 1. The maximum absolute atomic E-state index is 14.8. The summed E-state index contributed by atoms with van der Waals surface area (Å²) in [6.07, 6.45) is 2.73. The topological polar surface area (TPSA) is 35.5 Å². The SMILES string of the molecule is COc1ccc(C2CC(=O)C=C(c3ccc(-c4ccccc4)c(F)c3)C2)cc1OC. The molecule has 0 heterocycles. The third-order valence-corrected chi connectivity index (χ3v) is 5.55. The van der Waals surface area contributed by atoms with Gasteiger partial charge in [-0.3, -0.25) is 4.79 Å². The van der Waals surface area contributed by atoms with Gasteiger partial charge in [-0.1, -0.05) is 48.5 Å². The fourth-order valence-electron chi connectivity index (χ4n) is 4.00. The first-order chi connectivity index (χ1) is 14.6. The maximum atomic E-state index is 14.8. The summed E-state index contributed by atoms with van der Waals surface area (Å²) in [5.74, 6) is 1.05. The van der Waals surface area contributed by atoms with Gasteiger partial charge in [-0.2, -0.15) is 0 Å². The Morgan fingerprint density at radius 2 is 1.60 bits per heavy atom. The molecule has 3 nitrogen and oxygen atoms in total. The minimum atomic E-state index is -0.291. The van der Waals surface area contributed by atoms with Crippen molar-refractivity contribution in [3.63, 3.8) is 0 Å². The molecule has 0 aliphatic heterocycles. The zero-order valence-electron chi connectivity index (χ0n) is 17.0. The number of hydrogen-bond donors (Lipinski definition) is 0. The third kappa shape index (κ3) is 3.99. The van der Waals surface area contributed by atoms with Crippen LogP contribution in [0.5, 0.6) is 11.5 Å². The molecule has 0 N–H and O–H groups in total. The van der Waals surface area contributed by atoms with E-state index >= 15 is 0 Å². The molecular formula is C26H23FO3. The van der Waals surface area contributed by atoms with Crippen molar-refractivity contribution in [1.29, 1.82) is 0 Å². The monoisotopic (exact) mass is 402 g/mol. The zero-order chi connectivity index (χ0) is 21.1. The Balaban J connectivity index is 1.63. The maximum Gasteiger partial charge on any atom is 0.160 e. The standard InChI is InChI=1S/C26H23FO3/c1-29-25-11-9-19(16-26(25)30-2)21-12-20(13-22(28)14-21)18-8-10-23(24(27)15-18)17-6-4-3-5-7-17/h3-11,13,15-16,21H,12,14H2,1-2H3. The Labute approximate surface area is 175 Å². The third-order valence-electron chi connectivity index (χ3n) is 5.55. The van der Waals surface area contributed by atoms with E-state index in [4.69, 9.17) is 9.47 Å². The number of allylic oxidation sites excluding steroid dienone is 2. The second kappa shape index (κ2) is 8.54. The predicted octanol–water partition coefficient (Wildman–Crippen LogP) is 6.04. The lowest BCUT2D eigenvalue weighted by atomic mass is 9.80. The van der Waals surface area contributed by atoms with Crippen molar-refractivity contribution in [3.8, 4) is 22.6 Å². The summed E-state index contributed by atoms with van der Waals surface area (Å²) in [5, 5.41) is 0. The highest BCUT2D eigenvalue weighted by molar-refractivity contribution is 5.99. The van der Waals surface area contributed by atoms with Gasteiger partial charge in [-0.25, -0.2) is 4.39 Å². The second-order valence-electron chi connectivity index (χ2n) is 7.42. The van der Waals surface area contributed by atoms with Crippen molar-refractivity contribution >= 4 is 11.4 Å². The number of halogens is 1. The van der Waals surface area contributed by atoms with Crippen molar-refractivity contribution < 1.29 is 18.7 Å². The number of benzene rings is 3. The smallest absolute Gasteiger partial charge is 0.160 e. The number of rotatable bonds is 5. The summed E-state index contributed by atoms with van der Waals surface area (Å²) in [6, 6.07) is 20.4. The highest BCUT2D eigenvalue weighted by atomic mass is 19.1. The van der Waals surface area contributed by atoms with E-state index in [1.54, 1.807) is 26.4 Å². The van der Waals surface area contributed by atoms with Crippen molar-refractivity contribution in [2.24, 2.45) is 0 Å². The first kappa shape index (κ1) is 19.9. The second-order valence-corrected chi connectivity index (χ2v) is 7.42. The van der Waals surface area contributed by atoms with Crippen LogP contribution in [0.4, 0.5) is 4.39 Å². The Kier molecular flexibility index (Phi) is 5.66. The van der Waals surface area contributed by atoms with Crippen LogP contribution in [0.25, 0.3) is 16.7 Å². The van der Waals surface area contributed by atoms with Crippen molar-refractivity contribution in [1.82, 2.24) is 0 Å². The zero-order valence-corrected chi connectivity index (χ0v) is 17.0. The number of hydrogen-bond acceptors (Lipinski definition) is 3. The van der Waals surface area contributed by atoms with Crippen LogP contribution in [0.3, 0.4) is 0 Å². The van der Waals surface area contributed by atoms with Crippen LogP contribution in [-0.4, -0.2) is 20.0 Å². The molecule has 3 aromatic carbocycles. The molecule has 4 rings (SSSR count). The van der Waals surface area contributed by atoms with E-state index in [0.29, 0.717) is 29.9 Å². The van der Waals surface area contributed by atoms with E-state index in [2.05, 4.69) is 0 Å². The molecule has 1 atom stereocenters. The van der Waals surface area contributed by atoms with Crippen molar-refractivity contribution in [2.75, 3.05) is 14.2 Å². The van der Waals surface area contributed by atoms with Crippen LogP contribution < -0.4 is 9.47 Å². The summed E-state index contributed by atoms with van der Waals surface area (Å²) in [7, 11) is 3.19. The van der Waals surface area contributed by atoms with E-state index < -0.39 is 0 Å². The van der Waals surface area contributed by atoms with E-state index in [1.807, 2.05) is 54.6 Å². The number of methoxy groups -OCH3 is 2. The van der Waals surface area contributed by atoms with Crippen LogP contribution >= 0.6 is 0 Å². The Morgan fingerprint density at radius 3 is 2.30 bits per heavy atom.